The first-order valence-corrected chi connectivity index (χ1v) is 10.6. The Kier molecular flexibility index (Phi) is 6.98. The van der Waals surface area contributed by atoms with Crippen molar-refractivity contribution in [3.63, 3.8) is 0 Å². The number of ether oxygens (including phenoxy) is 1. The van der Waals surface area contributed by atoms with Gasteiger partial charge in [0.05, 0.1) is 11.3 Å². The van der Waals surface area contributed by atoms with E-state index in [-0.39, 0.29) is 17.9 Å². The molecule has 27 heavy (non-hydrogen) atoms. The van der Waals surface area contributed by atoms with E-state index in [1.54, 1.807) is 36.4 Å². The highest BCUT2D eigenvalue weighted by Gasteiger charge is 2.19. The van der Waals surface area contributed by atoms with Crippen LogP contribution in [0, 0.1) is 0 Å². The Labute approximate surface area is 163 Å². The van der Waals surface area contributed by atoms with E-state index in [0.29, 0.717) is 10.6 Å². The molecule has 2 rings (SSSR count). The Hall–Kier alpha value is -2.38. The molecular weight excluding hydrogens is 390 g/mol. The number of esters is 1. The molecule has 0 aliphatic rings. The number of hydrogen-bond donors (Lipinski definition) is 1. The Morgan fingerprint density at radius 3 is 2.52 bits per heavy atom. The molecule has 0 aromatic heterocycles. The molecule has 1 amide bonds. The van der Waals surface area contributed by atoms with Crippen molar-refractivity contribution in [3.8, 4) is 0 Å². The second-order valence-corrected chi connectivity index (χ2v) is 8.67. The topological polar surface area (TPSA) is 89.5 Å². The second-order valence-electron chi connectivity index (χ2n) is 6.13. The lowest BCUT2D eigenvalue weighted by atomic mass is 10.1. The minimum atomic E-state index is -3.22. The third kappa shape index (κ3) is 6.69. The molecule has 8 heteroatoms. The minimum Gasteiger partial charge on any atom is -0.449 e. The van der Waals surface area contributed by atoms with Crippen LogP contribution in [-0.4, -0.2) is 32.7 Å². The first kappa shape index (κ1) is 20.9. The van der Waals surface area contributed by atoms with Gasteiger partial charge in [-0.05, 0) is 36.2 Å². The molecule has 6 nitrogen and oxygen atoms in total. The van der Waals surface area contributed by atoms with Crippen LogP contribution in [0.25, 0.3) is 0 Å². The highest BCUT2D eigenvalue weighted by molar-refractivity contribution is 7.89. The molecule has 0 saturated carbocycles. The number of benzene rings is 2. The van der Waals surface area contributed by atoms with Gasteiger partial charge in [-0.3, -0.25) is 4.79 Å². The number of nitrogens with one attached hydrogen (secondary N) is 1. The summed E-state index contributed by atoms with van der Waals surface area (Å²) < 4.78 is 27.9. The highest BCUT2D eigenvalue weighted by Crippen LogP contribution is 2.15. The zero-order chi connectivity index (χ0) is 20.0. The van der Waals surface area contributed by atoms with E-state index in [1.165, 1.54) is 19.1 Å². The van der Waals surface area contributed by atoms with E-state index in [1.807, 2.05) is 0 Å². The van der Waals surface area contributed by atoms with E-state index < -0.39 is 27.8 Å². The smallest absolute Gasteiger partial charge is 0.338 e. The van der Waals surface area contributed by atoms with Crippen LogP contribution >= 0.6 is 11.6 Å². The number of amides is 1. The van der Waals surface area contributed by atoms with E-state index in [9.17, 15) is 18.0 Å². The van der Waals surface area contributed by atoms with E-state index in [4.69, 9.17) is 16.3 Å². The molecule has 0 aliphatic carbocycles. The van der Waals surface area contributed by atoms with Crippen molar-refractivity contribution in [3.05, 3.63) is 70.2 Å². The number of carbonyl (C=O) groups is 2. The van der Waals surface area contributed by atoms with E-state index in [0.717, 1.165) is 11.8 Å². The molecular formula is C19H20ClNO5S. The molecule has 1 N–H and O–H groups in total. The Bertz CT molecular complexity index is 943. The van der Waals surface area contributed by atoms with Crippen LogP contribution in [0.2, 0.25) is 5.02 Å². The zero-order valence-electron chi connectivity index (χ0n) is 14.9. The number of carbonyl (C=O) groups excluding carboxylic acids is 2. The summed E-state index contributed by atoms with van der Waals surface area (Å²) in [4.78, 5) is 24.4. The normalized spacial score (nSPS) is 12.3. The van der Waals surface area contributed by atoms with Gasteiger partial charge in [-0.25, -0.2) is 13.2 Å². The van der Waals surface area contributed by atoms with Gasteiger partial charge in [0, 0.05) is 17.8 Å². The average Bonchev–Trinajstić information content (AvgIpc) is 2.59. The number of halogens is 1. The lowest BCUT2D eigenvalue weighted by Crippen LogP contribution is -2.35. The fourth-order valence-corrected chi connectivity index (χ4v) is 3.33. The van der Waals surface area contributed by atoms with Gasteiger partial charge in [-0.2, -0.15) is 0 Å². The quantitative estimate of drug-likeness (QED) is 0.710. The molecule has 144 valence electrons. The molecule has 2 aromatic rings. The van der Waals surface area contributed by atoms with Crippen molar-refractivity contribution in [2.24, 2.45) is 0 Å². The largest absolute Gasteiger partial charge is 0.449 e. The predicted molar refractivity (Wildman–Crippen MR) is 103 cm³/mol. The highest BCUT2D eigenvalue weighted by atomic mass is 35.5. The standard InChI is InChI=1S/C19H20ClNO5S/c1-13(18(22)21-11-16-7-3-4-9-17(16)20)26-19(23)15-8-5-6-14(10-15)12-27(2,24)25/h3-10,13H,11-12H2,1-2H3,(H,21,22)/t13-/m0/s1. The van der Waals surface area contributed by atoms with E-state index in [2.05, 4.69) is 5.32 Å². The van der Waals surface area contributed by atoms with E-state index >= 15 is 0 Å². The maximum atomic E-state index is 12.2. The van der Waals surface area contributed by atoms with Crippen molar-refractivity contribution in [2.75, 3.05) is 6.26 Å². The molecule has 2 aromatic carbocycles. The van der Waals surface area contributed by atoms with Crippen LogP contribution in [0.4, 0.5) is 0 Å². The van der Waals surface area contributed by atoms with Gasteiger partial charge in [0.25, 0.3) is 5.91 Å². The molecule has 0 saturated heterocycles. The van der Waals surface area contributed by atoms with Crippen LogP contribution in [0.15, 0.2) is 48.5 Å². The van der Waals surface area contributed by atoms with Crippen LogP contribution in [0.1, 0.15) is 28.4 Å². The molecule has 1 atom stereocenters. The van der Waals surface area contributed by atoms with Gasteiger partial charge in [0.2, 0.25) is 0 Å². The van der Waals surface area contributed by atoms with Crippen LogP contribution in [-0.2, 0) is 31.7 Å². The second kappa shape index (κ2) is 9.01. The maximum Gasteiger partial charge on any atom is 0.338 e. The van der Waals surface area contributed by atoms with Gasteiger partial charge in [-0.15, -0.1) is 0 Å². The minimum absolute atomic E-state index is 0.179. The summed E-state index contributed by atoms with van der Waals surface area (Å²) in [5.41, 5.74) is 1.41. The Morgan fingerprint density at radius 1 is 1.15 bits per heavy atom. The van der Waals surface area contributed by atoms with Crippen molar-refractivity contribution in [2.45, 2.75) is 25.3 Å². The van der Waals surface area contributed by atoms with Gasteiger partial charge in [0.1, 0.15) is 0 Å². The summed E-state index contributed by atoms with van der Waals surface area (Å²) in [5, 5.41) is 3.19. The summed E-state index contributed by atoms with van der Waals surface area (Å²) in [6.45, 7) is 1.67. The summed E-state index contributed by atoms with van der Waals surface area (Å²) in [5.74, 6) is -1.34. The molecule has 0 bridgehead atoms. The van der Waals surface area contributed by atoms with Gasteiger partial charge in [0.15, 0.2) is 15.9 Å². The lowest BCUT2D eigenvalue weighted by molar-refractivity contribution is -0.129. The molecule has 0 heterocycles. The SMILES string of the molecule is C[C@H](OC(=O)c1cccc(CS(C)(=O)=O)c1)C(=O)NCc1ccccc1Cl. The molecule has 0 radical (unpaired) electrons. The summed E-state index contributed by atoms with van der Waals surface area (Å²) in [6, 6.07) is 13.2. The molecule has 0 fully saturated rings. The molecule has 0 aliphatic heterocycles. The first-order chi connectivity index (χ1) is 12.7. The summed E-state index contributed by atoms with van der Waals surface area (Å²) >= 11 is 6.03. The van der Waals surface area contributed by atoms with Crippen LogP contribution in [0.5, 0.6) is 0 Å². The molecule has 0 unspecified atom stereocenters. The lowest BCUT2D eigenvalue weighted by Gasteiger charge is -2.14. The summed E-state index contributed by atoms with van der Waals surface area (Å²) in [7, 11) is -3.22. The number of sulfone groups is 1. The Morgan fingerprint density at radius 2 is 1.85 bits per heavy atom. The van der Waals surface area contributed by atoms with Crippen molar-refractivity contribution in [1.82, 2.24) is 5.32 Å². The van der Waals surface area contributed by atoms with Gasteiger partial charge >= 0.3 is 5.97 Å². The van der Waals surface area contributed by atoms with Crippen LogP contribution < -0.4 is 5.32 Å². The van der Waals surface area contributed by atoms with Gasteiger partial charge < -0.3 is 10.1 Å². The molecule has 0 spiro atoms. The first-order valence-electron chi connectivity index (χ1n) is 8.14. The fourth-order valence-electron chi connectivity index (χ4n) is 2.34. The Balaban J connectivity index is 1.95. The monoisotopic (exact) mass is 409 g/mol. The number of hydrogen-bond acceptors (Lipinski definition) is 5. The predicted octanol–water partition coefficient (Wildman–Crippen LogP) is 2.75. The summed E-state index contributed by atoms with van der Waals surface area (Å²) in [6.07, 6.45) is 0.0993. The van der Waals surface area contributed by atoms with Crippen LogP contribution in [0.3, 0.4) is 0 Å². The van der Waals surface area contributed by atoms with Crippen molar-refractivity contribution >= 4 is 33.3 Å². The zero-order valence-corrected chi connectivity index (χ0v) is 16.5. The third-order valence-corrected chi connectivity index (χ3v) is 4.88. The van der Waals surface area contributed by atoms with Gasteiger partial charge in [-0.1, -0.05) is 41.9 Å². The average molecular weight is 410 g/mol. The maximum absolute atomic E-state index is 12.2. The third-order valence-electron chi connectivity index (χ3n) is 3.66. The number of rotatable bonds is 7. The van der Waals surface area contributed by atoms with Crippen molar-refractivity contribution in [1.29, 1.82) is 0 Å². The van der Waals surface area contributed by atoms with Crippen molar-refractivity contribution < 1.29 is 22.7 Å². The fraction of sp³-hybridized carbons (Fsp3) is 0.263.